The highest BCUT2D eigenvalue weighted by atomic mass is 16.3. The Balaban J connectivity index is 2.11. The van der Waals surface area contributed by atoms with Crippen LogP contribution in [0.3, 0.4) is 0 Å². The van der Waals surface area contributed by atoms with E-state index in [2.05, 4.69) is 14.9 Å². The molecule has 1 fully saturated rings. The second-order valence-corrected chi connectivity index (χ2v) is 6.53. The van der Waals surface area contributed by atoms with Crippen LogP contribution in [0, 0.1) is 6.92 Å². The highest BCUT2D eigenvalue weighted by Gasteiger charge is 2.31. The number of hydrogen-bond donors (Lipinski definition) is 1. The molecule has 1 saturated heterocycles. The number of anilines is 1. The van der Waals surface area contributed by atoms with Crippen LogP contribution in [0.25, 0.3) is 0 Å². The maximum Gasteiger partial charge on any atom is 0.225 e. The van der Waals surface area contributed by atoms with Crippen molar-refractivity contribution in [3.63, 3.8) is 0 Å². The smallest absolute Gasteiger partial charge is 0.225 e. The molecule has 0 spiro atoms. The van der Waals surface area contributed by atoms with Crippen molar-refractivity contribution < 1.29 is 9.90 Å². The summed E-state index contributed by atoms with van der Waals surface area (Å²) in [6.07, 6.45) is 3.99. The van der Waals surface area contributed by atoms with E-state index in [1.54, 1.807) is 6.20 Å². The van der Waals surface area contributed by atoms with Crippen LogP contribution in [-0.2, 0) is 0 Å². The Morgan fingerprint density at radius 2 is 2.14 bits per heavy atom. The molecular weight excluding hydrogens is 280 g/mol. The fraction of sp³-hybridized carbons (Fsp3) is 0.688. The van der Waals surface area contributed by atoms with Crippen LogP contribution in [0.2, 0.25) is 0 Å². The molecule has 0 aliphatic carbocycles. The van der Waals surface area contributed by atoms with Gasteiger partial charge in [0.1, 0.15) is 0 Å². The number of carbonyl (C=O) groups excluding carboxylic acids is 1. The average Bonchev–Trinajstić information content (AvgIpc) is 2.59. The number of Topliss-reactive ketones (excluding diaryl/α,β-unsaturated/α-hetero) is 1. The molecular formula is C16H26N4O2. The van der Waals surface area contributed by atoms with Crippen molar-refractivity contribution in [2.75, 3.05) is 38.6 Å². The first kappa shape index (κ1) is 16.8. The number of carbonyl (C=O) groups is 1. The Morgan fingerprint density at radius 3 is 2.73 bits per heavy atom. The van der Waals surface area contributed by atoms with Gasteiger partial charge in [0.05, 0.1) is 16.9 Å². The van der Waals surface area contributed by atoms with Gasteiger partial charge < -0.3 is 14.9 Å². The average molecular weight is 306 g/mol. The summed E-state index contributed by atoms with van der Waals surface area (Å²) in [5.74, 6) is 0.636. The summed E-state index contributed by atoms with van der Waals surface area (Å²) in [6.45, 7) is 5.59. The van der Waals surface area contributed by atoms with Crippen molar-refractivity contribution in [3.8, 4) is 0 Å². The van der Waals surface area contributed by atoms with Crippen molar-refractivity contribution in [1.29, 1.82) is 0 Å². The largest absolute Gasteiger partial charge is 0.388 e. The number of likely N-dealkylation sites (N-methyl/N-ethyl adjacent to an activating group) is 1. The third kappa shape index (κ3) is 4.01. The Hall–Kier alpha value is -1.53. The first-order valence-electron chi connectivity index (χ1n) is 7.77. The summed E-state index contributed by atoms with van der Waals surface area (Å²) in [6, 6.07) is 0. The van der Waals surface area contributed by atoms with E-state index in [0.717, 1.165) is 25.9 Å². The van der Waals surface area contributed by atoms with Gasteiger partial charge in [-0.25, -0.2) is 9.97 Å². The summed E-state index contributed by atoms with van der Waals surface area (Å²) < 4.78 is 0. The molecule has 2 heterocycles. The second-order valence-electron chi connectivity index (χ2n) is 6.53. The number of nitrogens with zero attached hydrogens (tertiary/aromatic N) is 4. The maximum atomic E-state index is 11.5. The monoisotopic (exact) mass is 306 g/mol. The molecule has 1 N–H and O–H groups in total. The zero-order chi connectivity index (χ0) is 16.3. The molecule has 0 saturated carbocycles. The minimum Gasteiger partial charge on any atom is -0.388 e. The van der Waals surface area contributed by atoms with Crippen molar-refractivity contribution in [3.05, 3.63) is 17.5 Å². The Kier molecular flexibility index (Phi) is 5.13. The normalized spacial score (nSPS) is 22.7. The molecule has 1 atom stereocenters. The molecule has 0 bridgehead atoms. The van der Waals surface area contributed by atoms with Crippen LogP contribution in [0.15, 0.2) is 6.20 Å². The van der Waals surface area contributed by atoms with Crippen molar-refractivity contribution in [2.45, 2.75) is 38.7 Å². The van der Waals surface area contributed by atoms with Crippen molar-refractivity contribution in [2.24, 2.45) is 0 Å². The van der Waals surface area contributed by atoms with E-state index < -0.39 is 5.60 Å². The zero-order valence-corrected chi connectivity index (χ0v) is 14.0. The minimum absolute atomic E-state index is 0.0136. The number of rotatable bonds is 4. The van der Waals surface area contributed by atoms with Crippen LogP contribution in [0.4, 0.5) is 5.95 Å². The fourth-order valence-electron chi connectivity index (χ4n) is 3.08. The van der Waals surface area contributed by atoms with Gasteiger partial charge in [0, 0.05) is 25.8 Å². The summed E-state index contributed by atoms with van der Waals surface area (Å²) >= 11 is 0. The third-order valence-electron chi connectivity index (χ3n) is 4.16. The van der Waals surface area contributed by atoms with E-state index in [1.807, 2.05) is 25.9 Å². The zero-order valence-electron chi connectivity index (χ0n) is 14.0. The molecule has 1 aromatic rings. The topological polar surface area (TPSA) is 69.6 Å². The number of aryl methyl sites for hydroxylation is 1. The molecule has 1 aliphatic rings. The lowest BCUT2D eigenvalue weighted by Crippen LogP contribution is -2.41. The standard InChI is InChI=1S/C16H26N4O2/c1-12-14(13(2)21)10-17-15(18-12)20-8-5-6-16(22,7-9-20)11-19(3)4/h10,22H,5-9,11H2,1-4H3/t16-/m1/s1. The lowest BCUT2D eigenvalue weighted by atomic mass is 9.94. The lowest BCUT2D eigenvalue weighted by Gasteiger charge is -2.30. The summed E-state index contributed by atoms with van der Waals surface area (Å²) in [4.78, 5) is 24.4. The van der Waals surface area contributed by atoms with E-state index in [0.29, 0.717) is 30.2 Å². The van der Waals surface area contributed by atoms with E-state index >= 15 is 0 Å². The van der Waals surface area contributed by atoms with Gasteiger partial charge in [-0.2, -0.15) is 0 Å². The van der Waals surface area contributed by atoms with Crippen LogP contribution in [0.5, 0.6) is 0 Å². The van der Waals surface area contributed by atoms with Crippen molar-refractivity contribution >= 4 is 11.7 Å². The van der Waals surface area contributed by atoms with Gasteiger partial charge in [-0.05, 0) is 47.2 Å². The van der Waals surface area contributed by atoms with Gasteiger partial charge in [0.2, 0.25) is 5.95 Å². The number of hydrogen-bond acceptors (Lipinski definition) is 6. The number of aromatic nitrogens is 2. The highest BCUT2D eigenvalue weighted by molar-refractivity contribution is 5.94. The molecule has 6 heteroatoms. The molecule has 0 aromatic carbocycles. The molecule has 1 aliphatic heterocycles. The predicted molar refractivity (Wildman–Crippen MR) is 86.3 cm³/mol. The molecule has 22 heavy (non-hydrogen) atoms. The Labute approximate surface area is 132 Å². The SMILES string of the molecule is CC(=O)c1cnc(N2CCC[C@](O)(CN(C)C)CC2)nc1C. The molecule has 0 unspecified atom stereocenters. The second kappa shape index (κ2) is 6.71. The Morgan fingerprint density at radius 1 is 1.41 bits per heavy atom. The molecule has 122 valence electrons. The molecule has 0 radical (unpaired) electrons. The molecule has 2 rings (SSSR count). The minimum atomic E-state index is -0.646. The van der Waals surface area contributed by atoms with Gasteiger partial charge in [0.25, 0.3) is 0 Å². The summed E-state index contributed by atoms with van der Waals surface area (Å²) in [7, 11) is 3.96. The first-order valence-corrected chi connectivity index (χ1v) is 7.77. The predicted octanol–water partition coefficient (Wildman–Crippen LogP) is 1.27. The van der Waals surface area contributed by atoms with Crippen LogP contribution >= 0.6 is 0 Å². The quantitative estimate of drug-likeness (QED) is 0.845. The number of aliphatic hydroxyl groups is 1. The maximum absolute atomic E-state index is 11.5. The van der Waals surface area contributed by atoms with E-state index in [1.165, 1.54) is 6.92 Å². The van der Waals surface area contributed by atoms with Gasteiger partial charge in [-0.15, -0.1) is 0 Å². The fourth-order valence-corrected chi connectivity index (χ4v) is 3.08. The molecule has 0 amide bonds. The first-order chi connectivity index (χ1) is 10.3. The van der Waals surface area contributed by atoms with Crippen LogP contribution in [-0.4, -0.2) is 65.1 Å². The summed E-state index contributed by atoms with van der Waals surface area (Å²) in [5, 5.41) is 10.7. The third-order valence-corrected chi connectivity index (χ3v) is 4.16. The lowest BCUT2D eigenvalue weighted by molar-refractivity contribution is 0.00536. The van der Waals surface area contributed by atoms with E-state index in [4.69, 9.17) is 0 Å². The molecule has 6 nitrogen and oxygen atoms in total. The van der Waals surface area contributed by atoms with Crippen LogP contribution < -0.4 is 4.90 Å². The number of ketones is 1. The Bertz CT molecular complexity index is 547. The highest BCUT2D eigenvalue weighted by Crippen LogP contribution is 2.25. The summed E-state index contributed by atoms with van der Waals surface area (Å²) in [5.41, 5.74) is 0.639. The van der Waals surface area contributed by atoms with Gasteiger partial charge in [-0.3, -0.25) is 4.79 Å². The van der Waals surface area contributed by atoms with Crippen LogP contribution in [0.1, 0.15) is 42.2 Å². The van der Waals surface area contributed by atoms with E-state index in [-0.39, 0.29) is 5.78 Å². The van der Waals surface area contributed by atoms with Gasteiger partial charge in [0.15, 0.2) is 5.78 Å². The van der Waals surface area contributed by atoms with Crippen molar-refractivity contribution in [1.82, 2.24) is 14.9 Å². The van der Waals surface area contributed by atoms with Gasteiger partial charge >= 0.3 is 0 Å². The van der Waals surface area contributed by atoms with Gasteiger partial charge in [-0.1, -0.05) is 0 Å². The molecule has 1 aromatic heterocycles. The van der Waals surface area contributed by atoms with E-state index in [9.17, 15) is 9.90 Å².